The van der Waals surface area contributed by atoms with Crippen molar-refractivity contribution in [2.75, 3.05) is 0 Å². The van der Waals surface area contributed by atoms with Crippen LogP contribution in [0.5, 0.6) is 0 Å². The maximum absolute atomic E-state index is 14.1. The van der Waals surface area contributed by atoms with E-state index in [1.165, 1.54) is 24.5 Å². The molecule has 0 radical (unpaired) electrons. The van der Waals surface area contributed by atoms with Gasteiger partial charge in [0.1, 0.15) is 23.4 Å². The van der Waals surface area contributed by atoms with E-state index in [1.807, 2.05) is 4.57 Å². The van der Waals surface area contributed by atoms with E-state index in [0.717, 1.165) is 68.5 Å². The Morgan fingerprint density at radius 3 is 2.55 bits per heavy atom. The smallest absolute Gasteiger partial charge is 0.257 e. The summed E-state index contributed by atoms with van der Waals surface area (Å²) in [5.74, 6) is -1.33. The molecule has 3 fully saturated rings. The average Bonchev–Trinajstić information content (AvgIpc) is 3.21. The lowest BCUT2D eigenvalue weighted by Crippen LogP contribution is -2.46. The van der Waals surface area contributed by atoms with Gasteiger partial charge < -0.3 is 19.9 Å². The van der Waals surface area contributed by atoms with E-state index in [1.54, 1.807) is 6.20 Å². The van der Waals surface area contributed by atoms with Crippen molar-refractivity contribution in [1.82, 2.24) is 15.2 Å². The number of fused-ring (bicyclic) bond motifs is 1. The van der Waals surface area contributed by atoms with Gasteiger partial charge in [0.05, 0.1) is 24.0 Å². The first-order valence-electron chi connectivity index (χ1n) is 14.0. The van der Waals surface area contributed by atoms with Crippen LogP contribution >= 0.6 is 0 Å². The number of nitrogens with zero attached hydrogens (tertiary/aromatic N) is 1. The Kier molecular flexibility index (Phi) is 6.84. The first-order valence-corrected chi connectivity index (χ1v) is 14.0. The van der Waals surface area contributed by atoms with Crippen molar-refractivity contribution in [3.8, 4) is 0 Å². The largest absolute Gasteiger partial charge is 0.357 e. The fourth-order valence-electron chi connectivity index (χ4n) is 6.21. The zero-order valence-electron chi connectivity index (χ0n) is 21.8. The summed E-state index contributed by atoms with van der Waals surface area (Å²) in [5.41, 5.74) is 3.93. The molecule has 3 unspecified atom stereocenters. The van der Waals surface area contributed by atoms with Gasteiger partial charge in [-0.05, 0) is 68.4 Å². The van der Waals surface area contributed by atoms with E-state index < -0.39 is 17.5 Å². The monoisotopic (exact) mass is 523 g/mol. The molecule has 3 aliphatic carbocycles. The molecule has 3 atom stereocenters. The molecule has 2 heterocycles. The molecule has 202 valence electrons. The number of carbonyl (C=O) groups is 1. The lowest BCUT2D eigenvalue weighted by molar-refractivity contribution is -0.0473. The lowest BCUT2D eigenvalue weighted by Gasteiger charge is -2.39. The van der Waals surface area contributed by atoms with E-state index in [-0.39, 0.29) is 41.4 Å². The van der Waals surface area contributed by atoms with Gasteiger partial charge >= 0.3 is 0 Å². The van der Waals surface area contributed by atoms with Crippen LogP contribution in [0.1, 0.15) is 97.8 Å². The topological polar surface area (TPSA) is 72.4 Å². The summed E-state index contributed by atoms with van der Waals surface area (Å²) in [6.07, 6.45) is 11.0. The van der Waals surface area contributed by atoms with Crippen LogP contribution in [0.4, 0.5) is 8.78 Å². The third-order valence-electron chi connectivity index (χ3n) is 8.87. The normalized spacial score (nSPS) is 24.9. The highest BCUT2D eigenvalue weighted by atomic mass is 19.1. The number of aromatic nitrogens is 1. The van der Waals surface area contributed by atoms with E-state index in [4.69, 9.17) is 4.74 Å². The van der Waals surface area contributed by atoms with Crippen LogP contribution in [-0.2, 0) is 17.8 Å². The number of allylic oxidation sites excluding steroid dienone is 1. The number of amides is 1. The van der Waals surface area contributed by atoms with E-state index >= 15 is 0 Å². The Morgan fingerprint density at radius 2 is 1.92 bits per heavy atom. The molecule has 2 aromatic rings. The highest BCUT2D eigenvalue weighted by molar-refractivity contribution is 5.94. The Balaban J connectivity index is 1.36. The van der Waals surface area contributed by atoms with Gasteiger partial charge in [-0.2, -0.15) is 0 Å². The molecule has 2 N–H and O–H groups in total. The minimum Gasteiger partial charge on any atom is -0.357 e. The van der Waals surface area contributed by atoms with Crippen molar-refractivity contribution in [2.24, 2.45) is 5.92 Å². The number of hydrogen-bond acceptors (Lipinski definition) is 4. The molecule has 38 heavy (non-hydrogen) atoms. The van der Waals surface area contributed by atoms with Crippen molar-refractivity contribution in [3.63, 3.8) is 0 Å². The summed E-state index contributed by atoms with van der Waals surface area (Å²) in [5, 5.41) is 6.34. The SMILES string of the molecule is CC1CCCC1OC1Cn2cc(C(=O)NCc3ccc(F)cc3F)c(=O)c(C3CCC3)c2C(=C2CCC2)N1. The average molecular weight is 524 g/mol. The fraction of sp³-hybridized carbons (Fsp3) is 0.533. The molecule has 1 aromatic heterocycles. The molecule has 4 aliphatic rings. The number of halogens is 2. The molecule has 3 saturated carbocycles. The van der Waals surface area contributed by atoms with Crippen molar-refractivity contribution in [3.05, 3.63) is 74.2 Å². The molecule has 0 spiro atoms. The molecular weight excluding hydrogens is 488 g/mol. The third kappa shape index (κ3) is 4.68. The standard InChI is InChI=1S/C30H35F2N3O3/c1-17-5-2-10-24(17)38-25-16-35-15-22(30(37)33-14-20-11-12-21(31)13-23(20)32)29(36)26(18-6-3-7-18)28(35)27(34-25)19-8-4-9-19/h11-13,15,17-18,24-25,34H,2-10,14,16H2,1H3,(H,33,37). The summed E-state index contributed by atoms with van der Waals surface area (Å²) < 4.78 is 36.0. The minimum atomic E-state index is -0.730. The van der Waals surface area contributed by atoms with Gasteiger partial charge in [-0.1, -0.05) is 25.8 Å². The first kappa shape index (κ1) is 25.3. The number of carbonyl (C=O) groups excluding carboxylic acids is 1. The molecule has 6 nitrogen and oxygen atoms in total. The molecule has 1 amide bonds. The number of ether oxygens (including phenoxy) is 1. The Labute approximate surface area is 221 Å². The predicted molar refractivity (Wildman–Crippen MR) is 140 cm³/mol. The van der Waals surface area contributed by atoms with Gasteiger partial charge in [0, 0.05) is 29.9 Å². The van der Waals surface area contributed by atoms with Gasteiger partial charge in [0.2, 0.25) is 0 Å². The molecule has 1 aromatic carbocycles. The Bertz CT molecular complexity index is 1340. The Hall–Kier alpha value is -3.00. The second kappa shape index (κ2) is 10.3. The number of pyridine rings is 1. The molecule has 1 aliphatic heterocycles. The molecule has 8 heteroatoms. The number of nitrogens with one attached hydrogen (secondary N) is 2. The third-order valence-corrected chi connectivity index (χ3v) is 8.87. The van der Waals surface area contributed by atoms with Crippen molar-refractivity contribution in [2.45, 2.75) is 96.1 Å². The van der Waals surface area contributed by atoms with E-state index in [0.29, 0.717) is 18.0 Å². The number of benzene rings is 1. The van der Waals surface area contributed by atoms with Gasteiger partial charge in [-0.25, -0.2) is 8.78 Å². The summed E-state index contributed by atoms with van der Waals surface area (Å²) >= 11 is 0. The molecule has 0 bridgehead atoms. The molecule has 0 saturated heterocycles. The summed E-state index contributed by atoms with van der Waals surface area (Å²) in [6, 6.07) is 3.25. The van der Waals surface area contributed by atoms with E-state index in [9.17, 15) is 18.4 Å². The second-order valence-electron chi connectivity index (χ2n) is 11.4. The van der Waals surface area contributed by atoms with Gasteiger partial charge in [-0.3, -0.25) is 9.59 Å². The molecular formula is C30H35F2N3O3. The number of hydrogen-bond donors (Lipinski definition) is 2. The quantitative estimate of drug-likeness (QED) is 0.535. The lowest BCUT2D eigenvalue weighted by atomic mass is 9.77. The van der Waals surface area contributed by atoms with Crippen molar-refractivity contribution in [1.29, 1.82) is 0 Å². The van der Waals surface area contributed by atoms with Gasteiger partial charge in [0.15, 0.2) is 5.43 Å². The van der Waals surface area contributed by atoms with Crippen LogP contribution in [0.15, 0.2) is 34.8 Å². The zero-order chi connectivity index (χ0) is 26.4. The van der Waals surface area contributed by atoms with E-state index in [2.05, 4.69) is 17.6 Å². The summed E-state index contributed by atoms with van der Waals surface area (Å²) in [7, 11) is 0. The first-order chi connectivity index (χ1) is 18.4. The predicted octanol–water partition coefficient (Wildman–Crippen LogP) is 5.35. The van der Waals surface area contributed by atoms with Gasteiger partial charge in [0.25, 0.3) is 5.91 Å². The van der Waals surface area contributed by atoms with Crippen LogP contribution in [0.25, 0.3) is 5.70 Å². The summed E-state index contributed by atoms with van der Waals surface area (Å²) in [4.78, 5) is 27.1. The minimum absolute atomic E-state index is 0.0611. The van der Waals surface area contributed by atoms with Crippen molar-refractivity contribution < 1.29 is 18.3 Å². The number of rotatable bonds is 6. The van der Waals surface area contributed by atoms with Crippen LogP contribution in [0.2, 0.25) is 0 Å². The maximum Gasteiger partial charge on any atom is 0.257 e. The second-order valence-corrected chi connectivity index (χ2v) is 11.4. The van der Waals surface area contributed by atoms with Crippen LogP contribution in [0, 0.1) is 17.6 Å². The van der Waals surface area contributed by atoms with Crippen LogP contribution < -0.4 is 16.1 Å². The molecule has 6 rings (SSSR count). The maximum atomic E-state index is 14.1. The van der Waals surface area contributed by atoms with Crippen LogP contribution in [-0.4, -0.2) is 22.8 Å². The van der Waals surface area contributed by atoms with Crippen LogP contribution in [0.3, 0.4) is 0 Å². The van der Waals surface area contributed by atoms with Crippen molar-refractivity contribution >= 4 is 11.6 Å². The highest BCUT2D eigenvalue weighted by Gasteiger charge is 2.37. The highest BCUT2D eigenvalue weighted by Crippen LogP contribution is 2.42. The zero-order valence-corrected chi connectivity index (χ0v) is 21.8. The van der Waals surface area contributed by atoms with Gasteiger partial charge in [-0.15, -0.1) is 0 Å². The summed E-state index contributed by atoms with van der Waals surface area (Å²) in [6.45, 7) is 2.60. The Morgan fingerprint density at radius 1 is 1.13 bits per heavy atom. The fourth-order valence-corrected chi connectivity index (χ4v) is 6.21.